The van der Waals surface area contributed by atoms with Crippen LogP contribution in [0.5, 0.6) is 5.75 Å². The molecule has 0 aliphatic carbocycles. The lowest BCUT2D eigenvalue weighted by Gasteiger charge is -2.39. The van der Waals surface area contributed by atoms with Gasteiger partial charge >= 0.3 is 0 Å². The Hall–Kier alpha value is -0.740. The van der Waals surface area contributed by atoms with E-state index in [-0.39, 0.29) is 0 Å². The van der Waals surface area contributed by atoms with Gasteiger partial charge in [-0.3, -0.25) is 0 Å². The maximum Gasteiger partial charge on any atom is 0.135 e. The molecular formula is C16H25BrN2O. The smallest absolute Gasteiger partial charge is 0.135 e. The number of anilines is 1. The molecule has 0 bridgehead atoms. The number of hydrogen-bond donors (Lipinski definition) is 1. The summed E-state index contributed by atoms with van der Waals surface area (Å²) >= 11 is 3.51. The van der Waals surface area contributed by atoms with Crippen LogP contribution in [0.3, 0.4) is 0 Å². The normalized spacial score (nSPS) is 22.9. The summed E-state index contributed by atoms with van der Waals surface area (Å²) in [5, 5.41) is 3.67. The van der Waals surface area contributed by atoms with Gasteiger partial charge in [0, 0.05) is 30.9 Å². The molecule has 2 rings (SSSR count). The van der Waals surface area contributed by atoms with E-state index in [0.717, 1.165) is 29.9 Å². The fourth-order valence-electron chi connectivity index (χ4n) is 2.86. The highest BCUT2D eigenvalue weighted by molar-refractivity contribution is 9.10. The summed E-state index contributed by atoms with van der Waals surface area (Å²) in [6.07, 6.45) is 2.41. The van der Waals surface area contributed by atoms with Crippen LogP contribution in [0.1, 0.15) is 26.7 Å². The van der Waals surface area contributed by atoms with Crippen LogP contribution < -0.4 is 15.0 Å². The van der Waals surface area contributed by atoms with Crippen molar-refractivity contribution in [1.29, 1.82) is 0 Å². The third-order valence-corrected chi connectivity index (χ3v) is 4.72. The molecule has 1 aromatic rings. The van der Waals surface area contributed by atoms with Gasteiger partial charge < -0.3 is 15.0 Å². The molecule has 4 heteroatoms. The van der Waals surface area contributed by atoms with E-state index in [4.69, 9.17) is 4.74 Å². The van der Waals surface area contributed by atoms with Crippen molar-refractivity contribution in [2.75, 3.05) is 31.6 Å². The van der Waals surface area contributed by atoms with E-state index in [0.29, 0.717) is 12.0 Å². The Balaban J connectivity index is 2.01. The predicted molar refractivity (Wildman–Crippen MR) is 88.8 cm³/mol. The van der Waals surface area contributed by atoms with Gasteiger partial charge in [0.1, 0.15) is 5.75 Å². The van der Waals surface area contributed by atoms with Gasteiger partial charge in [0.05, 0.1) is 11.6 Å². The number of nitrogens with zero attached hydrogens (tertiary/aromatic N) is 1. The molecule has 0 radical (unpaired) electrons. The number of benzene rings is 1. The highest BCUT2D eigenvalue weighted by Crippen LogP contribution is 2.31. The first-order valence-electron chi connectivity index (χ1n) is 7.47. The van der Waals surface area contributed by atoms with Gasteiger partial charge in [-0.05, 0) is 53.4 Å². The van der Waals surface area contributed by atoms with Gasteiger partial charge in [0.15, 0.2) is 0 Å². The first-order chi connectivity index (χ1) is 9.65. The third-order valence-electron chi connectivity index (χ3n) is 4.06. The SMILES string of the molecule is CCCNC1CCN(c2ccc(Br)c(OC)c2)CC1C. The van der Waals surface area contributed by atoms with Gasteiger partial charge in [-0.1, -0.05) is 13.8 Å². The molecular weight excluding hydrogens is 316 g/mol. The maximum atomic E-state index is 5.39. The van der Waals surface area contributed by atoms with Crippen LogP contribution in [0, 0.1) is 5.92 Å². The van der Waals surface area contributed by atoms with Crippen LogP contribution in [-0.4, -0.2) is 32.8 Å². The van der Waals surface area contributed by atoms with Gasteiger partial charge in [-0.2, -0.15) is 0 Å². The van der Waals surface area contributed by atoms with Gasteiger partial charge in [0.25, 0.3) is 0 Å². The second kappa shape index (κ2) is 7.32. The largest absolute Gasteiger partial charge is 0.495 e. The lowest BCUT2D eigenvalue weighted by atomic mass is 9.93. The number of rotatable bonds is 5. The first-order valence-corrected chi connectivity index (χ1v) is 8.26. The molecule has 0 spiro atoms. The summed E-state index contributed by atoms with van der Waals surface area (Å²) in [6, 6.07) is 7.01. The monoisotopic (exact) mass is 340 g/mol. The molecule has 1 saturated heterocycles. The average molecular weight is 341 g/mol. The second-order valence-corrected chi connectivity index (χ2v) is 6.45. The van der Waals surface area contributed by atoms with E-state index < -0.39 is 0 Å². The van der Waals surface area contributed by atoms with E-state index >= 15 is 0 Å². The minimum Gasteiger partial charge on any atom is -0.495 e. The quantitative estimate of drug-likeness (QED) is 0.884. The molecule has 1 aliphatic rings. The van der Waals surface area contributed by atoms with E-state index in [9.17, 15) is 0 Å². The zero-order valence-electron chi connectivity index (χ0n) is 12.7. The van der Waals surface area contributed by atoms with E-state index in [1.807, 2.05) is 0 Å². The minimum atomic E-state index is 0.656. The second-order valence-electron chi connectivity index (χ2n) is 5.59. The molecule has 2 atom stereocenters. The summed E-state index contributed by atoms with van der Waals surface area (Å²) < 4.78 is 6.40. The van der Waals surface area contributed by atoms with Crippen molar-refractivity contribution in [2.45, 2.75) is 32.7 Å². The Morgan fingerprint density at radius 2 is 2.25 bits per heavy atom. The summed E-state index contributed by atoms with van der Waals surface area (Å²) in [5.74, 6) is 1.58. The zero-order valence-corrected chi connectivity index (χ0v) is 14.2. The molecule has 2 unspecified atom stereocenters. The van der Waals surface area contributed by atoms with Crippen LogP contribution in [0.15, 0.2) is 22.7 Å². The fraction of sp³-hybridized carbons (Fsp3) is 0.625. The molecule has 0 amide bonds. The van der Waals surface area contributed by atoms with Crippen molar-refractivity contribution in [2.24, 2.45) is 5.92 Å². The highest BCUT2D eigenvalue weighted by Gasteiger charge is 2.25. The van der Waals surface area contributed by atoms with Gasteiger partial charge in [0.2, 0.25) is 0 Å². The minimum absolute atomic E-state index is 0.656. The summed E-state index contributed by atoms with van der Waals surface area (Å²) in [6.45, 7) is 7.90. The summed E-state index contributed by atoms with van der Waals surface area (Å²) in [4.78, 5) is 2.46. The first kappa shape index (κ1) is 15.6. The standard InChI is InChI=1S/C16H25BrN2O/c1-4-8-18-15-7-9-19(11-12(15)2)13-5-6-14(17)16(10-13)20-3/h5-6,10,12,15,18H,4,7-9,11H2,1-3H3. The number of nitrogens with one attached hydrogen (secondary N) is 1. The Bertz CT molecular complexity index is 438. The maximum absolute atomic E-state index is 5.39. The van der Waals surface area contributed by atoms with Crippen LogP contribution >= 0.6 is 15.9 Å². The number of methoxy groups -OCH3 is 1. The van der Waals surface area contributed by atoms with E-state index in [1.54, 1.807) is 7.11 Å². The van der Waals surface area contributed by atoms with Gasteiger partial charge in [-0.25, -0.2) is 0 Å². The average Bonchev–Trinajstić information content (AvgIpc) is 2.46. The molecule has 0 aromatic heterocycles. The molecule has 1 N–H and O–H groups in total. The molecule has 112 valence electrons. The fourth-order valence-corrected chi connectivity index (χ4v) is 3.27. The topological polar surface area (TPSA) is 24.5 Å². The van der Waals surface area contributed by atoms with Crippen LogP contribution in [0.2, 0.25) is 0 Å². The van der Waals surface area contributed by atoms with Crippen LogP contribution in [-0.2, 0) is 0 Å². The van der Waals surface area contributed by atoms with Crippen molar-refractivity contribution in [3.8, 4) is 5.75 Å². The van der Waals surface area contributed by atoms with Crippen LogP contribution in [0.4, 0.5) is 5.69 Å². The molecule has 1 aromatic carbocycles. The Morgan fingerprint density at radius 1 is 1.45 bits per heavy atom. The predicted octanol–water partition coefficient (Wildman–Crippen LogP) is 3.67. The van der Waals surface area contributed by atoms with E-state index in [2.05, 4.69) is 58.2 Å². The summed E-state index contributed by atoms with van der Waals surface area (Å²) in [7, 11) is 1.72. The number of ether oxygens (including phenoxy) is 1. The lowest BCUT2D eigenvalue weighted by Crippen LogP contribution is -2.48. The molecule has 1 heterocycles. The van der Waals surface area contributed by atoms with E-state index in [1.165, 1.54) is 18.5 Å². The highest BCUT2D eigenvalue weighted by atomic mass is 79.9. The van der Waals surface area contributed by atoms with Crippen molar-refractivity contribution in [3.05, 3.63) is 22.7 Å². The van der Waals surface area contributed by atoms with Gasteiger partial charge in [-0.15, -0.1) is 0 Å². The molecule has 20 heavy (non-hydrogen) atoms. The molecule has 1 fully saturated rings. The summed E-state index contributed by atoms with van der Waals surface area (Å²) in [5.41, 5.74) is 1.26. The Morgan fingerprint density at radius 3 is 2.90 bits per heavy atom. The molecule has 0 saturated carbocycles. The Kier molecular flexibility index (Phi) is 5.73. The van der Waals surface area contributed by atoms with Crippen LogP contribution in [0.25, 0.3) is 0 Å². The number of piperidine rings is 1. The number of halogens is 1. The zero-order chi connectivity index (χ0) is 14.5. The van der Waals surface area contributed by atoms with Crippen molar-refractivity contribution in [3.63, 3.8) is 0 Å². The molecule has 3 nitrogen and oxygen atoms in total. The third kappa shape index (κ3) is 3.67. The lowest BCUT2D eigenvalue weighted by molar-refractivity contribution is 0.322. The van der Waals surface area contributed by atoms with Crippen molar-refractivity contribution >= 4 is 21.6 Å². The Labute approximate surface area is 130 Å². The van der Waals surface area contributed by atoms with Crippen molar-refractivity contribution in [1.82, 2.24) is 5.32 Å². The number of hydrogen-bond acceptors (Lipinski definition) is 3. The van der Waals surface area contributed by atoms with Crippen molar-refractivity contribution < 1.29 is 4.74 Å². The molecule has 1 aliphatic heterocycles.